The second kappa shape index (κ2) is 12.1. The van der Waals surface area contributed by atoms with Gasteiger partial charge < -0.3 is 20.7 Å². The zero-order valence-electron chi connectivity index (χ0n) is 15.0. The zero-order chi connectivity index (χ0) is 17.2. The Bertz CT molecular complexity index is 566. The molecule has 1 heterocycles. The van der Waals surface area contributed by atoms with Gasteiger partial charge in [-0.25, -0.2) is 0 Å². The molecule has 3 N–H and O–H groups in total. The first-order valence-corrected chi connectivity index (χ1v) is 8.65. The quantitative estimate of drug-likeness (QED) is 0.242. The van der Waals surface area contributed by atoms with Crippen LogP contribution in [0.1, 0.15) is 37.7 Å². The van der Waals surface area contributed by atoms with Gasteiger partial charge in [0.2, 0.25) is 5.91 Å². The van der Waals surface area contributed by atoms with Gasteiger partial charge in [-0.2, -0.15) is 0 Å². The van der Waals surface area contributed by atoms with Gasteiger partial charge in [0.1, 0.15) is 0 Å². The minimum atomic E-state index is 0. The molecule has 1 aromatic rings. The second-order valence-corrected chi connectivity index (χ2v) is 5.82. The fraction of sp³-hybridized carbons (Fsp3) is 0.556. The summed E-state index contributed by atoms with van der Waals surface area (Å²) in [5, 5.41) is 9.56. The van der Waals surface area contributed by atoms with Crippen LogP contribution in [0.4, 0.5) is 5.69 Å². The number of benzene rings is 1. The molecule has 1 aromatic carbocycles. The van der Waals surface area contributed by atoms with Crippen LogP contribution in [-0.2, 0) is 9.53 Å². The molecule has 0 fully saturated rings. The molecule has 0 spiro atoms. The van der Waals surface area contributed by atoms with E-state index in [1.54, 1.807) is 7.05 Å². The number of halogens is 1. The molecule has 1 unspecified atom stereocenters. The number of carbonyl (C=O) groups is 1. The van der Waals surface area contributed by atoms with E-state index in [0.29, 0.717) is 13.0 Å². The van der Waals surface area contributed by atoms with Gasteiger partial charge in [-0.15, -0.1) is 24.0 Å². The fourth-order valence-electron chi connectivity index (χ4n) is 2.80. The van der Waals surface area contributed by atoms with Crippen molar-refractivity contribution in [3.8, 4) is 0 Å². The Labute approximate surface area is 167 Å². The summed E-state index contributed by atoms with van der Waals surface area (Å²) in [5.41, 5.74) is 2.09. The Hall–Kier alpha value is -1.35. The molecular weight excluding hydrogens is 431 g/mol. The Balaban J connectivity index is 0.00000312. The molecule has 0 aromatic heterocycles. The number of unbranched alkanes of at least 4 members (excludes halogenated alkanes) is 1. The molecule has 25 heavy (non-hydrogen) atoms. The Morgan fingerprint density at radius 1 is 1.32 bits per heavy atom. The van der Waals surface area contributed by atoms with Gasteiger partial charge in [0.15, 0.2) is 5.96 Å². The Kier molecular flexibility index (Phi) is 10.5. The fourth-order valence-corrected chi connectivity index (χ4v) is 2.80. The molecule has 1 aliphatic heterocycles. The lowest BCUT2D eigenvalue weighted by atomic mass is 9.90. The van der Waals surface area contributed by atoms with Crippen LogP contribution in [0.15, 0.2) is 29.3 Å². The summed E-state index contributed by atoms with van der Waals surface area (Å²) in [6.45, 7) is 5.12. The third kappa shape index (κ3) is 7.19. The van der Waals surface area contributed by atoms with Crippen molar-refractivity contribution in [3.63, 3.8) is 0 Å². The van der Waals surface area contributed by atoms with Crippen molar-refractivity contribution in [1.82, 2.24) is 10.6 Å². The van der Waals surface area contributed by atoms with E-state index in [9.17, 15) is 4.79 Å². The third-order valence-corrected chi connectivity index (χ3v) is 4.06. The number of amides is 1. The van der Waals surface area contributed by atoms with E-state index in [4.69, 9.17) is 4.74 Å². The number of hydrogen-bond donors (Lipinski definition) is 3. The first-order valence-electron chi connectivity index (χ1n) is 8.65. The molecule has 7 heteroatoms. The molecule has 0 saturated carbocycles. The highest BCUT2D eigenvalue weighted by Gasteiger charge is 2.24. The summed E-state index contributed by atoms with van der Waals surface area (Å²) in [7, 11) is 1.76. The van der Waals surface area contributed by atoms with Crippen molar-refractivity contribution in [3.05, 3.63) is 29.8 Å². The van der Waals surface area contributed by atoms with Crippen molar-refractivity contribution in [2.24, 2.45) is 4.99 Å². The number of hydrogen-bond acceptors (Lipinski definition) is 3. The maximum atomic E-state index is 11.9. The van der Waals surface area contributed by atoms with E-state index in [2.05, 4.69) is 27.0 Å². The number of nitrogens with one attached hydrogen (secondary N) is 3. The minimum Gasteiger partial charge on any atom is -0.382 e. The topological polar surface area (TPSA) is 74.8 Å². The predicted molar refractivity (Wildman–Crippen MR) is 113 cm³/mol. The molecule has 0 aliphatic carbocycles. The molecule has 1 atom stereocenters. The van der Waals surface area contributed by atoms with Crippen LogP contribution < -0.4 is 16.0 Å². The monoisotopic (exact) mass is 460 g/mol. The number of ether oxygens (including phenoxy) is 1. The molecule has 140 valence electrons. The summed E-state index contributed by atoms with van der Waals surface area (Å²) >= 11 is 0. The SMILES string of the molecule is CCOCCCCNC(=NC)NCC1CC(=O)Nc2ccccc21.I. The summed E-state index contributed by atoms with van der Waals surface area (Å²) in [4.78, 5) is 16.1. The van der Waals surface area contributed by atoms with Crippen LogP contribution in [0.3, 0.4) is 0 Å². The van der Waals surface area contributed by atoms with Gasteiger partial charge in [0.25, 0.3) is 0 Å². The van der Waals surface area contributed by atoms with E-state index >= 15 is 0 Å². The van der Waals surface area contributed by atoms with Crippen molar-refractivity contribution < 1.29 is 9.53 Å². The van der Waals surface area contributed by atoms with Crippen LogP contribution in [0.25, 0.3) is 0 Å². The number of rotatable bonds is 8. The molecule has 1 aliphatic rings. The number of anilines is 1. The first-order chi connectivity index (χ1) is 11.7. The molecule has 0 saturated heterocycles. The average molecular weight is 460 g/mol. The molecular formula is C18H29IN4O2. The van der Waals surface area contributed by atoms with Crippen LogP contribution in [0.5, 0.6) is 0 Å². The van der Waals surface area contributed by atoms with Crippen molar-refractivity contribution >= 4 is 41.5 Å². The predicted octanol–water partition coefficient (Wildman–Crippen LogP) is 2.71. The lowest BCUT2D eigenvalue weighted by Crippen LogP contribution is -2.41. The lowest BCUT2D eigenvalue weighted by Gasteiger charge is -2.26. The molecule has 2 rings (SSSR count). The maximum Gasteiger partial charge on any atom is 0.225 e. The normalized spacial score (nSPS) is 16.5. The largest absolute Gasteiger partial charge is 0.382 e. The van der Waals surface area contributed by atoms with Gasteiger partial charge in [0.05, 0.1) is 0 Å². The van der Waals surface area contributed by atoms with E-state index < -0.39 is 0 Å². The Morgan fingerprint density at radius 3 is 2.88 bits per heavy atom. The van der Waals surface area contributed by atoms with Gasteiger partial charge in [-0.1, -0.05) is 18.2 Å². The van der Waals surface area contributed by atoms with Crippen molar-refractivity contribution in [2.75, 3.05) is 38.7 Å². The zero-order valence-corrected chi connectivity index (χ0v) is 17.3. The number of aliphatic imine (C=N–C) groups is 1. The number of carbonyl (C=O) groups excluding carboxylic acids is 1. The number of para-hydroxylation sites is 1. The standard InChI is InChI=1S/C18H28N4O2.HI/c1-3-24-11-7-6-10-20-18(19-2)21-13-14-12-17(23)22-16-9-5-4-8-15(14)16;/h4-5,8-9,14H,3,6-7,10-13H2,1-2H3,(H,22,23)(H2,19,20,21);1H. The van der Waals surface area contributed by atoms with Crippen LogP contribution in [0, 0.1) is 0 Å². The summed E-state index contributed by atoms with van der Waals surface area (Å²) < 4.78 is 5.33. The number of guanidine groups is 1. The Morgan fingerprint density at radius 2 is 2.12 bits per heavy atom. The summed E-state index contributed by atoms with van der Waals surface area (Å²) in [5.74, 6) is 1.00. The van der Waals surface area contributed by atoms with E-state index in [-0.39, 0.29) is 35.8 Å². The molecule has 0 radical (unpaired) electrons. The highest BCUT2D eigenvalue weighted by molar-refractivity contribution is 14.0. The van der Waals surface area contributed by atoms with Gasteiger partial charge in [0, 0.05) is 51.4 Å². The van der Waals surface area contributed by atoms with Gasteiger partial charge >= 0.3 is 0 Å². The van der Waals surface area contributed by atoms with E-state index in [0.717, 1.165) is 44.2 Å². The lowest BCUT2D eigenvalue weighted by molar-refractivity contribution is -0.116. The van der Waals surface area contributed by atoms with Gasteiger partial charge in [-0.05, 0) is 31.4 Å². The molecule has 6 nitrogen and oxygen atoms in total. The van der Waals surface area contributed by atoms with Crippen molar-refractivity contribution in [1.29, 1.82) is 0 Å². The third-order valence-electron chi connectivity index (χ3n) is 4.06. The number of fused-ring (bicyclic) bond motifs is 1. The van der Waals surface area contributed by atoms with Crippen LogP contribution >= 0.6 is 24.0 Å². The average Bonchev–Trinajstić information content (AvgIpc) is 2.60. The highest BCUT2D eigenvalue weighted by atomic mass is 127. The first kappa shape index (κ1) is 21.7. The van der Waals surface area contributed by atoms with E-state index in [1.165, 1.54) is 5.56 Å². The molecule has 0 bridgehead atoms. The van der Waals surface area contributed by atoms with Crippen LogP contribution in [0.2, 0.25) is 0 Å². The highest BCUT2D eigenvalue weighted by Crippen LogP contribution is 2.31. The van der Waals surface area contributed by atoms with Crippen LogP contribution in [-0.4, -0.2) is 45.2 Å². The van der Waals surface area contributed by atoms with Crippen molar-refractivity contribution in [2.45, 2.75) is 32.1 Å². The second-order valence-electron chi connectivity index (χ2n) is 5.82. The summed E-state index contributed by atoms with van der Waals surface area (Å²) in [6, 6.07) is 7.97. The minimum absolute atomic E-state index is 0. The summed E-state index contributed by atoms with van der Waals surface area (Å²) in [6.07, 6.45) is 2.57. The maximum absolute atomic E-state index is 11.9. The van der Waals surface area contributed by atoms with E-state index in [1.807, 2.05) is 25.1 Å². The number of nitrogens with zero attached hydrogens (tertiary/aromatic N) is 1. The molecule has 1 amide bonds. The smallest absolute Gasteiger partial charge is 0.225 e. The van der Waals surface area contributed by atoms with Gasteiger partial charge in [-0.3, -0.25) is 9.79 Å².